The summed E-state index contributed by atoms with van der Waals surface area (Å²) in [7, 11) is 0. The van der Waals surface area contributed by atoms with Crippen molar-refractivity contribution in [1.29, 1.82) is 0 Å². The number of rotatable bonds is 5. The van der Waals surface area contributed by atoms with Gasteiger partial charge in [-0.05, 0) is 38.8 Å². The molecular weight excluding hydrogens is 162 g/mol. The van der Waals surface area contributed by atoms with Crippen LogP contribution in [0.15, 0.2) is 0 Å². The molecule has 0 aliphatic carbocycles. The zero-order valence-electron chi connectivity index (χ0n) is 9.00. The lowest BCUT2D eigenvalue weighted by Gasteiger charge is -2.16. The predicted molar refractivity (Wildman–Crippen MR) is 55.8 cm³/mol. The third-order valence-corrected chi connectivity index (χ3v) is 3.07. The fraction of sp³-hybridized carbons (Fsp3) is 1.00. The average Bonchev–Trinajstić information content (AvgIpc) is 2.53. The van der Waals surface area contributed by atoms with E-state index >= 15 is 0 Å². The van der Waals surface area contributed by atoms with Crippen LogP contribution in [0.5, 0.6) is 0 Å². The highest BCUT2D eigenvalue weighted by Gasteiger charge is 2.24. The Balaban J connectivity index is 2.10. The van der Waals surface area contributed by atoms with Crippen LogP contribution in [0.1, 0.15) is 39.5 Å². The zero-order valence-corrected chi connectivity index (χ0v) is 9.00. The summed E-state index contributed by atoms with van der Waals surface area (Å²) in [5.74, 6) is 0.529. The predicted octanol–water partition coefficient (Wildman–Crippen LogP) is 1.88. The Morgan fingerprint density at radius 2 is 2.23 bits per heavy atom. The van der Waals surface area contributed by atoms with E-state index in [4.69, 9.17) is 0 Å². The van der Waals surface area contributed by atoms with Crippen molar-refractivity contribution in [2.45, 2.75) is 45.6 Å². The molecule has 78 valence electrons. The van der Waals surface area contributed by atoms with Gasteiger partial charge in [-0.2, -0.15) is 0 Å². The third-order valence-electron chi connectivity index (χ3n) is 3.07. The molecule has 0 amide bonds. The first-order valence-electron chi connectivity index (χ1n) is 5.64. The van der Waals surface area contributed by atoms with Gasteiger partial charge >= 0.3 is 0 Å². The summed E-state index contributed by atoms with van der Waals surface area (Å²) in [6.07, 6.45) is 5.03. The summed E-state index contributed by atoms with van der Waals surface area (Å²) in [6, 6.07) is 0. The monoisotopic (exact) mass is 185 g/mol. The van der Waals surface area contributed by atoms with Crippen LogP contribution in [-0.4, -0.2) is 35.7 Å². The Morgan fingerprint density at radius 1 is 1.46 bits per heavy atom. The molecule has 1 aliphatic rings. The standard InChI is InChI=1S/C11H23NO/c1-3-4-5-7-12-8-6-11(9-12)10(2)13/h10-11,13H,3-9H2,1-2H3. The lowest BCUT2D eigenvalue weighted by atomic mass is 10.0. The molecule has 1 fully saturated rings. The Kier molecular flexibility index (Phi) is 4.74. The number of unbranched alkanes of at least 4 members (excludes halogenated alkanes) is 2. The van der Waals surface area contributed by atoms with Crippen molar-refractivity contribution < 1.29 is 5.11 Å². The second kappa shape index (κ2) is 5.61. The molecule has 1 N–H and O–H groups in total. The molecule has 0 aromatic carbocycles. The number of nitrogens with zero attached hydrogens (tertiary/aromatic N) is 1. The molecule has 2 atom stereocenters. The molecule has 1 aliphatic heterocycles. The molecule has 2 heteroatoms. The summed E-state index contributed by atoms with van der Waals surface area (Å²) in [4.78, 5) is 2.49. The van der Waals surface area contributed by atoms with Gasteiger partial charge in [0.05, 0.1) is 6.10 Å². The van der Waals surface area contributed by atoms with Crippen LogP contribution in [-0.2, 0) is 0 Å². The highest BCUT2D eigenvalue weighted by atomic mass is 16.3. The third kappa shape index (κ3) is 3.65. The fourth-order valence-electron chi connectivity index (χ4n) is 2.04. The van der Waals surface area contributed by atoms with E-state index in [1.807, 2.05) is 6.92 Å². The molecule has 0 radical (unpaired) electrons. The highest BCUT2D eigenvalue weighted by molar-refractivity contribution is 4.78. The summed E-state index contributed by atoms with van der Waals surface area (Å²) in [5, 5.41) is 9.41. The van der Waals surface area contributed by atoms with Crippen LogP contribution in [0.4, 0.5) is 0 Å². The Labute approximate surface area is 81.9 Å². The average molecular weight is 185 g/mol. The van der Waals surface area contributed by atoms with Crippen molar-refractivity contribution >= 4 is 0 Å². The number of likely N-dealkylation sites (tertiary alicyclic amines) is 1. The van der Waals surface area contributed by atoms with E-state index in [-0.39, 0.29) is 6.10 Å². The van der Waals surface area contributed by atoms with E-state index in [0.29, 0.717) is 5.92 Å². The molecule has 0 aromatic rings. The van der Waals surface area contributed by atoms with Crippen LogP contribution < -0.4 is 0 Å². The second-order valence-electron chi connectivity index (χ2n) is 4.30. The number of hydrogen-bond acceptors (Lipinski definition) is 2. The van der Waals surface area contributed by atoms with Gasteiger partial charge in [0.2, 0.25) is 0 Å². The Morgan fingerprint density at radius 3 is 2.77 bits per heavy atom. The lowest BCUT2D eigenvalue weighted by molar-refractivity contribution is 0.127. The first-order valence-corrected chi connectivity index (χ1v) is 5.64. The van der Waals surface area contributed by atoms with Crippen molar-refractivity contribution in [2.75, 3.05) is 19.6 Å². The first kappa shape index (κ1) is 11.0. The minimum absolute atomic E-state index is 0.115. The summed E-state index contributed by atoms with van der Waals surface area (Å²) in [5.41, 5.74) is 0. The van der Waals surface area contributed by atoms with Gasteiger partial charge in [-0.25, -0.2) is 0 Å². The van der Waals surface area contributed by atoms with Crippen LogP contribution in [0.25, 0.3) is 0 Å². The van der Waals surface area contributed by atoms with Crippen molar-refractivity contribution in [1.82, 2.24) is 4.90 Å². The molecule has 0 spiro atoms. The van der Waals surface area contributed by atoms with Gasteiger partial charge < -0.3 is 10.0 Å². The largest absolute Gasteiger partial charge is 0.393 e. The molecule has 1 heterocycles. The SMILES string of the molecule is CCCCCN1CCC(C(C)O)C1. The second-order valence-corrected chi connectivity index (χ2v) is 4.30. The lowest BCUT2D eigenvalue weighted by Crippen LogP contribution is -2.25. The molecule has 0 aromatic heterocycles. The van der Waals surface area contributed by atoms with E-state index in [0.717, 1.165) is 6.54 Å². The van der Waals surface area contributed by atoms with Crippen LogP contribution in [0, 0.1) is 5.92 Å². The molecule has 0 bridgehead atoms. The maximum atomic E-state index is 9.41. The summed E-state index contributed by atoms with van der Waals surface area (Å²) in [6.45, 7) is 7.69. The number of hydrogen-bond donors (Lipinski definition) is 1. The van der Waals surface area contributed by atoms with E-state index in [2.05, 4.69) is 11.8 Å². The molecule has 1 rings (SSSR count). The van der Waals surface area contributed by atoms with Gasteiger partial charge in [-0.1, -0.05) is 19.8 Å². The fourth-order valence-corrected chi connectivity index (χ4v) is 2.04. The van der Waals surface area contributed by atoms with Crippen molar-refractivity contribution in [2.24, 2.45) is 5.92 Å². The Bertz CT molecular complexity index is 136. The minimum Gasteiger partial charge on any atom is -0.393 e. The quantitative estimate of drug-likeness (QED) is 0.661. The first-order chi connectivity index (χ1) is 6.24. The van der Waals surface area contributed by atoms with Crippen LogP contribution >= 0.6 is 0 Å². The van der Waals surface area contributed by atoms with Crippen LogP contribution in [0.2, 0.25) is 0 Å². The molecule has 2 nitrogen and oxygen atoms in total. The van der Waals surface area contributed by atoms with Gasteiger partial charge in [0.1, 0.15) is 0 Å². The molecular formula is C11H23NO. The van der Waals surface area contributed by atoms with E-state index in [1.165, 1.54) is 38.8 Å². The molecule has 2 unspecified atom stereocenters. The topological polar surface area (TPSA) is 23.5 Å². The Hall–Kier alpha value is -0.0800. The normalized spacial score (nSPS) is 26.5. The van der Waals surface area contributed by atoms with Crippen molar-refractivity contribution in [3.8, 4) is 0 Å². The maximum absolute atomic E-state index is 9.41. The van der Waals surface area contributed by atoms with Gasteiger partial charge in [0, 0.05) is 6.54 Å². The van der Waals surface area contributed by atoms with Gasteiger partial charge in [-0.15, -0.1) is 0 Å². The van der Waals surface area contributed by atoms with E-state index in [9.17, 15) is 5.11 Å². The summed E-state index contributed by atoms with van der Waals surface area (Å²) >= 11 is 0. The van der Waals surface area contributed by atoms with Gasteiger partial charge in [0.15, 0.2) is 0 Å². The smallest absolute Gasteiger partial charge is 0.0552 e. The number of aliphatic hydroxyl groups excluding tert-OH is 1. The zero-order chi connectivity index (χ0) is 9.68. The maximum Gasteiger partial charge on any atom is 0.0552 e. The van der Waals surface area contributed by atoms with Crippen LogP contribution in [0.3, 0.4) is 0 Å². The molecule has 13 heavy (non-hydrogen) atoms. The minimum atomic E-state index is -0.115. The van der Waals surface area contributed by atoms with Gasteiger partial charge in [-0.3, -0.25) is 0 Å². The van der Waals surface area contributed by atoms with Crippen molar-refractivity contribution in [3.05, 3.63) is 0 Å². The van der Waals surface area contributed by atoms with Gasteiger partial charge in [0.25, 0.3) is 0 Å². The molecule has 1 saturated heterocycles. The van der Waals surface area contributed by atoms with Crippen molar-refractivity contribution in [3.63, 3.8) is 0 Å². The van der Waals surface area contributed by atoms with E-state index < -0.39 is 0 Å². The summed E-state index contributed by atoms with van der Waals surface area (Å²) < 4.78 is 0. The number of aliphatic hydroxyl groups is 1. The molecule has 0 saturated carbocycles. The highest BCUT2D eigenvalue weighted by Crippen LogP contribution is 2.19. The van der Waals surface area contributed by atoms with E-state index in [1.54, 1.807) is 0 Å².